The molecule has 32 heavy (non-hydrogen) atoms. The van der Waals surface area contributed by atoms with Gasteiger partial charge in [0.25, 0.3) is 0 Å². The SMILES string of the molecule is COCCN(C(=O)C1CC1)C1CC(C(=O)NCC2CCCC(CN)C2)N(C(=O)C2CC2)C1. The van der Waals surface area contributed by atoms with Crippen molar-refractivity contribution in [3.8, 4) is 0 Å². The van der Waals surface area contributed by atoms with Gasteiger partial charge in [-0.1, -0.05) is 6.42 Å². The maximum Gasteiger partial charge on any atom is 0.242 e. The number of nitrogens with two attached hydrogens (primary N) is 1. The maximum atomic E-state index is 13.2. The minimum Gasteiger partial charge on any atom is -0.383 e. The van der Waals surface area contributed by atoms with Crippen molar-refractivity contribution in [2.24, 2.45) is 29.4 Å². The second kappa shape index (κ2) is 10.5. The summed E-state index contributed by atoms with van der Waals surface area (Å²) in [5.41, 5.74) is 5.86. The fraction of sp³-hybridized carbons (Fsp3) is 0.875. The molecule has 0 bridgehead atoms. The van der Waals surface area contributed by atoms with Crippen molar-refractivity contribution in [1.82, 2.24) is 15.1 Å². The van der Waals surface area contributed by atoms with Crippen LogP contribution in [0.5, 0.6) is 0 Å². The predicted octanol–water partition coefficient (Wildman–Crippen LogP) is 1.13. The summed E-state index contributed by atoms with van der Waals surface area (Å²) in [6, 6.07) is -0.605. The molecule has 4 fully saturated rings. The number of ether oxygens (including phenoxy) is 1. The number of hydrogen-bond acceptors (Lipinski definition) is 5. The van der Waals surface area contributed by atoms with E-state index in [1.54, 1.807) is 12.0 Å². The molecule has 1 saturated heterocycles. The Kier molecular flexibility index (Phi) is 7.71. The number of carbonyl (C=O) groups is 3. The molecule has 0 aromatic rings. The Hall–Kier alpha value is -1.67. The van der Waals surface area contributed by atoms with E-state index in [9.17, 15) is 14.4 Å². The standard InChI is InChI=1S/C24H40N4O4/c1-32-10-9-27(23(30)18-5-6-18)20-12-21(28(15-20)24(31)19-7-8-19)22(29)26-14-17-4-2-3-16(11-17)13-25/h16-21H,2-15,25H2,1H3,(H,26,29). The van der Waals surface area contributed by atoms with E-state index in [0.717, 1.165) is 44.9 Å². The van der Waals surface area contributed by atoms with Crippen LogP contribution >= 0.6 is 0 Å². The lowest BCUT2D eigenvalue weighted by Gasteiger charge is -2.29. The number of nitrogens with zero attached hydrogens (tertiary/aromatic N) is 2. The highest BCUT2D eigenvalue weighted by Crippen LogP contribution is 2.37. The summed E-state index contributed by atoms with van der Waals surface area (Å²) in [5.74, 6) is 1.34. The van der Waals surface area contributed by atoms with Crippen LogP contribution in [-0.2, 0) is 19.1 Å². The molecule has 4 rings (SSSR count). The van der Waals surface area contributed by atoms with Gasteiger partial charge in [0, 0.05) is 38.6 Å². The van der Waals surface area contributed by atoms with Crippen molar-refractivity contribution in [1.29, 1.82) is 0 Å². The van der Waals surface area contributed by atoms with Crippen LogP contribution in [0, 0.1) is 23.7 Å². The minimum absolute atomic E-state index is 0.0549. The highest BCUT2D eigenvalue weighted by molar-refractivity contribution is 5.90. The maximum absolute atomic E-state index is 13.2. The molecule has 8 nitrogen and oxygen atoms in total. The summed E-state index contributed by atoms with van der Waals surface area (Å²) in [6.07, 6.45) is 8.74. The van der Waals surface area contributed by atoms with Gasteiger partial charge < -0.3 is 25.6 Å². The van der Waals surface area contributed by atoms with Gasteiger partial charge in [-0.3, -0.25) is 14.4 Å². The Morgan fingerprint density at radius 1 is 1.03 bits per heavy atom. The van der Waals surface area contributed by atoms with Crippen molar-refractivity contribution in [3.63, 3.8) is 0 Å². The highest BCUT2D eigenvalue weighted by Gasteiger charge is 2.47. The lowest BCUT2D eigenvalue weighted by atomic mass is 9.81. The molecular formula is C24H40N4O4. The van der Waals surface area contributed by atoms with Gasteiger partial charge in [0.05, 0.1) is 12.6 Å². The van der Waals surface area contributed by atoms with Crippen molar-refractivity contribution in [2.75, 3.05) is 39.9 Å². The van der Waals surface area contributed by atoms with Crippen LogP contribution in [0.3, 0.4) is 0 Å². The van der Waals surface area contributed by atoms with Gasteiger partial charge in [-0.25, -0.2) is 0 Å². The number of amides is 3. The molecule has 4 aliphatic rings. The second-order valence-corrected chi connectivity index (χ2v) is 10.3. The van der Waals surface area contributed by atoms with Crippen LogP contribution in [0.15, 0.2) is 0 Å². The Morgan fingerprint density at radius 2 is 1.75 bits per heavy atom. The van der Waals surface area contributed by atoms with Gasteiger partial charge in [-0.05, 0) is 69.7 Å². The molecule has 3 saturated carbocycles. The molecule has 8 heteroatoms. The minimum atomic E-state index is -0.487. The zero-order valence-corrected chi connectivity index (χ0v) is 19.5. The van der Waals surface area contributed by atoms with Crippen LogP contribution in [0.2, 0.25) is 0 Å². The third-order valence-corrected chi connectivity index (χ3v) is 7.77. The zero-order valence-electron chi connectivity index (χ0n) is 19.5. The van der Waals surface area contributed by atoms with Gasteiger partial charge in [-0.2, -0.15) is 0 Å². The number of hydrogen-bond donors (Lipinski definition) is 2. The molecule has 1 heterocycles. The summed E-state index contributed by atoms with van der Waals surface area (Å²) in [6.45, 7) is 2.79. The normalized spacial score (nSPS) is 30.2. The number of likely N-dealkylation sites (tertiary alicyclic amines) is 1. The van der Waals surface area contributed by atoms with E-state index >= 15 is 0 Å². The van der Waals surface area contributed by atoms with Gasteiger partial charge in [0.1, 0.15) is 6.04 Å². The molecule has 4 unspecified atom stereocenters. The first-order chi connectivity index (χ1) is 15.5. The third kappa shape index (κ3) is 5.63. The molecule has 0 aromatic heterocycles. The summed E-state index contributed by atoms with van der Waals surface area (Å²) >= 11 is 0. The van der Waals surface area contributed by atoms with Crippen LogP contribution < -0.4 is 11.1 Å². The van der Waals surface area contributed by atoms with Crippen molar-refractivity contribution in [2.45, 2.75) is 69.9 Å². The van der Waals surface area contributed by atoms with Gasteiger partial charge in [0.2, 0.25) is 17.7 Å². The zero-order chi connectivity index (χ0) is 22.7. The summed E-state index contributed by atoms with van der Waals surface area (Å²) in [7, 11) is 1.63. The van der Waals surface area contributed by atoms with E-state index < -0.39 is 6.04 Å². The summed E-state index contributed by atoms with van der Waals surface area (Å²) in [4.78, 5) is 42.8. The van der Waals surface area contributed by atoms with Crippen molar-refractivity contribution in [3.05, 3.63) is 0 Å². The summed E-state index contributed by atoms with van der Waals surface area (Å²) < 4.78 is 5.24. The van der Waals surface area contributed by atoms with Crippen molar-refractivity contribution < 1.29 is 19.1 Å². The first-order valence-electron chi connectivity index (χ1n) is 12.6. The largest absolute Gasteiger partial charge is 0.383 e. The molecule has 1 aliphatic heterocycles. The smallest absolute Gasteiger partial charge is 0.242 e. The van der Waals surface area contributed by atoms with E-state index in [1.165, 1.54) is 6.42 Å². The van der Waals surface area contributed by atoms with Crippen LogP contribution in [0.4, 0.5) is 0 Å². The quantitative estimate of drug-likeness (QED) is 0.521. The van der Waals surface area contributed by atoms with Crippen LogP contribution in [0.1, 0.15) is 57.8 Å². The molecule has 3 amide bonds. The fourth-order valence-electron chi connectivity index (χ4n) is 5.49. The molecule has 3 N–H and O–H groups in total. The summed E-state index contributed by atoms with van der Waals surface area (Å²) in [5, 5.41) is 3.15. The number of methoxy groups -OCH3 is 1. The predicted molar refractivity (Wildman–Crippen MR) is 120 cm³/mol. The topological polar surface area (TPSA) is 105 Å². The lowest BCUT2D eigenvalue weighted by molar-refractivity contribution is -0.140. The fourth-order valence-corrected chi connectivity index (χ4v) is 5.49. The lowest BCUT2D eigenvalue weighted by Crippen LogP contribution is -2.48. The van der Waals surface area contributed by atoms with Crippen LogP contribution in [-0.4, -0.2) is 79.5 Å². The Morgan fingerprint density at radius 3 is 2.41 bits per heavy atom. The first kappa shape index (κ1) is 23.5. The van der Waals surface area contributed by atoms with Gasteiger partial charge >= 0.3 is 0 Å². The molecule has 4 atom stereocenters. The molecule has 0 spiro atoms. The van der Waals surface area contributed by atoms with E-state index in [0.29, 0.717) is 51.0 Å². The third-order valence-electron chi connectivity index (χ3n) is 7.77. The molecular weight excluding hydrogens is 408 g/mol. The number of nitrogens with one attached hydrogen (secondary N) is 1. The second-order valence-electron chi connectivity index (χ2n) is 10.3. The first-order valence-corrected chi connectivity index (χ1v) is 12.6. The number of rotatable bonds is 10. The number of carbonyl (C=O) groups excluding carboxylic acids is 3. The highest BCUT2D eigenvalue weighted by atomic mass is 16.5. The van der Waals surface area contributed by atoms with Gasteiger partial charge in [0.15, 0.2) is 0 Å². The van der Waals surface area contributed by atoms with Crippen molar-refractivity contribution >= 4 is 17.7 Å². The Bertz CT molecular complexity index is 693. The molecule has 0 radical (unpaired) electrons. The average molecular weight is 449 g/mol. The van der Waals surface area contributed by atoms with E-state index in [-0.39, 0.29) is 35.6 Å². The van der Waals surface area contributed by atoms with E-state index in [1.807, 2.05) is 4.90 Å². The monoisotopic (exact) mass is 448 g/mol. The van der Waals surface area contributed by atoms with E-state index in [4.69, 9.17) is 10.5 Å². The molecule has 180 valence electrons. The Labute approximate surface area is 191 Å². The van der Waals surface area contributed by atoms with Crippen LogP contribution in [0.25, 0.3) is 0 Å². The van der Waals surface area contributed by atoms with E-state index in [2.05, 4.69) is 5.32 Å². The average Bonchev–Trinajstić information content (AvgIpc) is 3.74. The Balaban J connectivity index is 1.40. The van der Waals surface area contributed by atoms with Gasteiger partial charge in [-0.15, -0.1) is 0 Å². The molecule has 0 aromatic carbocycles. The molecule has 3 aliphatic carbocycles.